The number of piperazine rings is 1. The van der Waals surface area contributed by atoms with Crippen molar-refractivity contribution >= 4 is 35.2 Å². The minimum atomic E-state index is -0.393. The lowest BCUT2D eigenvalue weighted by Crippen LogP contribution is -2.57. The fourth-order valence-corrected chi connectivity index (χ4v) is 5.96. The highest BCUT2D eigenvalue weighted by atomic mass is 16.2. The van der Waals surface area contributed by atoms with Crippen molar-refractivity contribution in [2.24, 2.45) is 11.8 Å². The molecule has 9 nitrogen and oxygen atoms in total. The Kier molecular flexibility index (Phi) is 6.08. The lowest BCUT2D eigenvalue weighted by molar-refractivity contribution is -0.134. The van der Waals surface area contributed by atoms with E-state index in [1.165, 1.54) is 18.1 Å². The average molecular weight is 499 g/mol. The molecule has 3 amide bonds. The highest BCUT2D eigenvalue weighted by Crippen LogP contribution is 2.40. The minimum Gasteiger partial charge on any atom is -0.340 e. The first-order valence-electron chi connectivity index (χ1n) is 12.8. The predicted octanol–water partition coefficient (Wildman–Crippen LogP) is 2.04. The minimum absolute atomic E-state index is 0.0110. The number of aromatic nitrogens is 2. The normalized spacial score (nSPS) is 25.3. The van der Waals surface area contributed by atoms with Crippen LogP contribution in [0.1, 0.15) is 30.0 Å². The van der Waals surface area contributed by atoms with Crippen molar-refractivity contribution in [2.75, 3.05) is 38.0 Å². The van der Waals surface area contributed by atoms with Gasteiger partial charge < -0.3 is 15.1 Å². The number of nitrogens with one attached hydrogen (secondary N) is 1. The van der Waals surface area contributed by atoms with E-state index in [1.807, 2.05) is 35.5 Å². The second-order valence-corrected chi connectivity index (χ2v) is 10.3. The van der Waals surface area contributed by atoms with Gasteiger partial charge in [0.05, 0.1) is 0 Å². The van der Waals surface area contributed by atoms with Crippen LogP contribution in [0.2, 0.25) is 0 Å². The molecule has 1 N–H and O–H groups in total. The third-order valence-electron chi connectivity index (χ3n) is 8.01. The number of allylic oxidation sites excluding steroid dienone is 1. The van der Waals surface area contributed by atoms with Crippen LogP contribution in [0.3, 0.4) is 0 Å². The van der Waals surface area contributed by atoms with Gasteiger partial charge in [0.1, 0.15) is 11.9 Å². The Morgan fingerprint density at radius 2 is 1.95 bits per heavy atom. The maximum absolute atomic E-state index is 13.0. The number of fused-ring (bicyclic) bond motifs is 3. The maximum atomic E-state index is 13.0. The number of hydrogen-bond acceptors (Lipinski definition) is 6. The van der Waals surface area contributed by atoms with Crippen LogP contribution in [0.4, 0.5) is 5.82 Å². The van der Waals surface area contributed by atoms with Crippen molar-refractivity contribution in [1.82, 2.24) is 24.7 Å². The van der Waals surface area contributed by atoms with Gasteiger partial charge in [-0.25, -0.2) is 4.98 Å². The van der Waals surface area contributed by atoms with E-state index in [1.54, 1.807) is 23.2 Å². The highest BCUT2D eigenvalue weighted by molar-refractivity contribution is 5.96. The number of hydrogen-bond donors (Lipinski definition) is 1. The molecule has 2 fully saturated rings. The van der Waals surface area contributed by atoms with Gasteiger partial charge in [-0.05, 0) is 59.2 Å². The molecule has 190 valence electrons. The molecule has 4 aliphatic rings. The topological polar surface area (TPSA) is 98.7 Å². The third-order valence-corrected chi connectivity index (χ3v) is 8.01. The van der Waals surface area contributed by atoms with E-state index in [9.17, 15) is 14.4 Å². The number of anilines is 1. The SMILES string of the molecule is CC(=O)N1CCN2Cc3cc(C=CC(=O)N4CC5C=C(c6ccncc6)CC5C4)cnc3NC(=O)C2C1. The molecular formula is C28H30N6O3. The van der Waals surface area contributed by atoms with Crippen molar-refractivity contribution in [2.45, 2.75) is 25.9 Å². The Morgan fingerprint density at radius 1 is 1.11 bits per heavy atom. The zero-order chi connectivity index (χ0) is 25.5. The second-order valence-electron chi connectivity index (χ2n) is 10.3. The standard InChI is InChI=1S/C28H30N6O3/c1-18(35)32-8-9-33-16-24-10-19(13-30-27(24)31-28(37)25(33)17-32)2-3-26(36)34-14-22-11-21(12-23(22)15-34)20-4-6-29-7-5-20/h2-7,10-11,13,22-23,25H,8-9,12,14-17H2,1H3,(H,30,31,37). The first kappa shape index (κ1) is 23.5. The van der Waals surface area contributed by atoms with E-state index in [2.05, 4.69) is 26.3 Å². The van der Waals surface area contributed by atoms with Crippen LogP contribution < -0.4 is 5.32 Å². The summed E-state index contributed by atoms with van der Waals surface area (Å²) in [7, 11) is 0. The summed E-state index contributed by atoms with van der Waals surface area (Å²) in [6.07, 6.45) is 12.1. The van der Waals surface area contributed by atoms with Crippen molar-refractivity contribution in [1.29, 1.82) is 0 Å². The lowest BCUT2D eigenvalue weighted by Gasteiger charge is -2.38. The molecule has 1 aliphatic carbocycles. The lowest BCUT2D eigenvalue weighted by atomic mass is 9.99. The van der Waals surface area contributed by atoms with E-state index in [4.69, 9.17) is 0 Å². The van der Waals surface area contributed by atoms with Crippen LogP contribution in [-0.4, -0.2) is 81.2 Å². The Labute approximate surface area is 215 Å². The largest absolute Gasteiger partial charge is 0.340 e. The summed E-state index contributed by atoms with van der Waals surface area (Å²) in [6, 6.07) is 5.68. The van der Waals surface area contributed by atoms with Gasteiger partial charge in [-0.15, -0.1) is 0 Å². The summed E-state index contributed by atoms with van der Waals surface area (Å²) in [5, 5.41) is 2.92. The average Bonchev–Trinajstić information content (AvgIpc) is 3.45. The van der Waals surface area contributed by atoms with E-state index >= 15 is 0 Å². The van der Waals surface area contributed by atoms with Crippen LogP contribution in [0, 0.1) is 11.8 Å². The number of carbonyl (C=O) groups excluding carboxylic acids is 3. The number of amides is 3. The fraction of sp³-hybridized carbons (Fsp3) is 0.393. The number of likely N-dealkylation sites (tertiary alicyclic amines) is 1. The Morgan fingerprint density at radius 3 is 2.73 bits per heavy atom. The first-order valence-corrected chi connectivity index (χ1v) is 12.8. The summed E-state index contributed by atoms with van der Waals surface area (Å²) in [4.78, 5) is 51.9. The van der Waals surface area contributed by atoms with Gasteiger partial charge >= 0.3 is 0 Å². The summed E-state index contributed by atoms with van der Waals surface area (Å²) in [6.45, 7) is 5.22. The van der Waals surface area contributed by atoms with Crippen molar-refractivity contribution < 1.29 is 14.4 Å². The first-order chi connectivity index (χ1) is 17.9. The summed E-state index contributed by atoms with van der Waals surface area (Å²) >= 11 is 0. The third kappa shape index (κ3) is 4.67. The van der Waals surface area contributed by atoms with E-state index in [0.29, 0.717) is 43.8 Å². The molecule has 2 saturated heterocycles. The number of rotatable bonds is 3. The van der Waals surface area contributed by atoms with Gasteiger partial charge in [0, 0.05) is 76.4 Å². The predicted molar refractivity (Wildman–Crippen MR) is 139 cm³/mol. The zero-order valence-corrected chi connectivity index (χ0v) is 20.8. The zero-order valence-electron chi connectivity index (χ0n) is 20.8. The second kappa shape index (κ2) is 9.55. The van der Waals surface area contributed by atoms with Crippen molar-refractivity contribution in [3.63, 3.8) is 0 Å². The molecule has 3 aliphatic heterocycles. The Bertz CT molecular complexity index is 1310. The summed E-state index contributed by atoms with van der Waals surface area (Å²) in [5.41, 5.74) is 4.31. The molecule has 37 heavy (non-hydrogen) atoms. The molecule has 0 bridgehead atoms. The monoisotopic (exact) mass is 498 g/mol. The molecule has 5 heterocycles. The summed E-state index contributed by atoms with van der Waals surface area (Å²) in [5.74, 6) is 1.26. The number of nitrogens with zero attached hydrogens (tertiary/aromatic N) is 5. The van der Waals surface area contributed by atoms with E-state index in [-0.39, 0.29) is 17.7 Å². The molecule has 3 unspecified atom stereocenters. The number of pyridine rings is 2. The Balaban J connectivity index is 1.11. The molecule has 0 spiro atoms. The van der Waals surface area contributed by atoms with Gasteiger partial charge in [-0.3, -0.25) is 24.3 Å². The van der Waals surface area contributed by atoms with E-state index < -0.39 is 6.04 Å². The molecule has 0 saturated carbocycles. The van der Waals surface area contributed by atoms with Crippen LogP contribution in [0.5, 0.6) is 0 Å². The molecule has 0 aromatic carbocycles. The Hall–Kier alpha value is -3.85. The molecule has 6 rings (SSSR count). The fourth-order valence-electron chi connectivity index (χ4n) is 5.96. The molecule has 2 aromatic rings. The van der Waals surface area contributed by atoms with Crippen molar-refractivity contribution in [3.05, 3.63) is 65.6 Å². The van der Waals surface area contributed by atoms with Gasteiger partial charge in [0.2, 0.25) is 17.7 Å². The molecule has 3 atom stereocenters. The molecule has 0 radical (unpaired) electrons. The smallest absolute Gasteiger partial charge is 0.246 e. The van der Waals surface area contributed by atoms with Crippen LogP contribution in [0.25, 0.3) is 11.6 Å². The summed E-state index contributed by atoms with van der Waals surface area (Å²) < 4.78 is 0. The van der Waals surface area contributed by atoms with Crippen LogP contribution in [0.15, 0.2) is 48.9 Å². The van der Waals surface area contributed by atoms with Gasteiger partial charge in [0.15, 0.2) is 0 Å². The van der Waals surface area contributed by atoms with Gasteiger partial charge in [0.25, 0.3) is 0 Å². The molecular weight excluding hydrogens is 468 g/mol. The van der Waals surface area contributed by atoms with Gasteiger partial charge in [-0.2, -0.15) is 0 Å². The molecule has 9 heteroatoms. The maximum Gasteiger partial charge on any atom is 0.246 e. The van der Waals surface area contributed by atoms with Crippen LogP contribution in [-0.2, 0) is 20.9 Å². The quantitative estimate of drug-likeness (QED) is 0.651. The van der Waals surface area contributed by atoms with Crippen molar-refractivity contribution in [3.8, 4) is 0 Å². The highest BCUT2D eigenvalue weighted by Gasteiger charge is 2.38. The van der Waals surface area contributed by atoms with Gasteiger partial charge in [-0.1, -0.05) is 6.08 Å². The van der Waals surface area contributed by atoms with E-state index in [0.717, 1.165) is 30.6 Å². The molecule has 2 aromatic heterocycles. The number of carbonyl (C=O) groups is 3. The van der Waals surface area contributed by atoms with Crippen LogP contribution >= 0.6 is 0 Å².